The number of nitrogens with zero attached hydrogens (tertiary/aromatic N) is 3. The fraction of sp³-hybridized carbons (Fsp3) is 0.0909. The molecule has 0 radical (unpaired) electrons. The Morgan fingerprint density at radius 2 is 1.73 bits per heavy atom. The van der Waals surface area contributed by atoms with Crippen molar-refractivity contribution >= 4 is 45.1 Å². The fourth-order valence-electron chi connectivity index (χ4n) is 2.95. The molecule has 33 heavy (non-hydrogen) atoms. The predicted molar refractivity (Wildman–Crippen MR) is 127 cm³/mol. The standard InChI is InChI=1S/C22H19ClN4O5S/c1-33(31,32)26(15-18-7-2-4-8-20(18)23)19-12-10-16(11-13-19)22(28)25-24-14-17-6-3-5-9-21(17)27(29)30/h2-14H,15H2,1H3,(H,25,28)/b24-14-. The number of nitrogens with one attached hydrogen (secondary N) is 1. The van der Waals surface area contributed by atoms with Crippen molar-refractivity contribution in [3.05, 3.63) is 105 Å². The average molecular weight is 487 g/mol. The van der Waals surface area contributed by atoms with E-state index in [4.69, 9.17) is 11.6 Å². The number of amides is 1. The van der Waals surface area contributed by atoms with Crippen molar-refractivity contribution in [1.29, 1.82) is 0 Å². The molecule has 11 heteroatoms. The van der Waals surface area contributed by atoms with Crippen LogP contribution in [-0.4, -0.2) is 31.7 Å². The monoisotopic (exact) mass is 486 g/mol. The molecule has 0 aliphatic heterocycles. The second-order valence-corrected chi connectivity index (χ2v) is 9.24. The predicted octanol–water partition coefficient (Wildman–Crippen LogP) is 3.98. The Bertz CT molecular complexity index is 1310. The number of hydrogen-bond donors (Lipinski definition) is 1. The van der Waals surface area contributed by atoms with Crippen LogP contribution in [0.5, 0.6) is 0 Å². The van der Waals surface area contributed by atoms with E-state index in [0.29, 0.717) is 16.3 Å². The van der Waals surface area contributed by atoms with Crippen LogP contribution in [0.2, 0.25) is 5.02 Å². The molecule has 3 aromatic rings. The first kappa shape index (κ1) is 23.9. The Balaban J connectivity index is 1.75. The van der Waals surface area contributed by atoms with Gasteiger partial charge in [0, 0.05) is 16.7 Å². The number of anilines is 1. The Hall–Kier alpha value is -3.76. The number of benzene rings is 3. The quantitative estimate of drug-likeness (QED) is 0.293. The maximum atomic E-state index is 12.4. The first-order valence-corrected chi connectivity index (χ1v) is 11.8. The largest absolute Gasteiger partial charge is 0.278 e. The van der Waals surface area contributed by atoms with Gasteiger partial charge in [0.1, 0.15) is 0 Å². The lowest BCUT2D eigenvalue weighted by molar-refractivity contribution is -0.385. The molecule has 0 aliphatic rings. The minimum atomic E-state index is -3.63. The molecule has 0 aromatic heterocycles. The van der Waals surface area contributed by atoms with Crippen molar-refractivity contribution in [1.82, 2.24) is 5.43 Å². The topological polar surface area (TPSA) is 122 Å². The number of sulfonamides is 1. The van der Waals surface area contributed by atoms with Crippen LogP contribution in [0.1, 0.15) is 21.5 Å². The van der Waals surface area contributed by atoms with Gasteiger partial charge in [-0.25, -0.2) is 13.8 Å². The second kappa shape index (κ2) is 10.2. The number of rotatable bonds is 8. The van der Waals surface area contributed by atoms with Gasteiger partial charge in [0.25, 0.3) is 11.6 Å². The van der Waals surface area contributed by atoms with Crippen LogP contribution in [0.25, 0.3) is 0 Å². The summed E-state index contributed by atoms with van der Waals surface area (Å²) in [6, 6.07) is 18.8. The molecule has 0 saturated heterocycles. The smallest absolute Gasteiger partial charge is 0.267 e. The van der Waals surface area contributed by atoms with Crippen LogP contribution in [0, 0.1) is 10.1 Å². The normalized spacial score (nSPS) is 11.3. The molecule has 3 aromatic carbocycles. The number of nitro groups is 1. The zero-order valence-electron chi connectivity index (χ0n) is 17.4. The zero-order chi connectivity index (χ0) is 24.0. The highest BCUT2D eigenvalue weighted by atomic mass is 35.5. The maximum Gasteiger partial charge on any atom is 0.278 e. The van der Waals surface area contributed by atoms with Crippen molar-refractivity contribution in [2.24, 2.45) is 5.10 Å². The average Bonchev–Trinajstić information content (AvgIpc) is 2.78. The SMILES string of the molecule is CS(=O)(=O)N(Cc1ccccc1Cl)c1ccc(C(=O)N/N=C\c2ccccc2[N+](=O)[O-])cc1. The van der Waals surface area contributed by atoms with Gasteiger partial charge in [-0.05, 0) is 42.0 Å². The number of carbonyl (C=O) groups is 1. The number of carbonyl (C=O) groups excluding carboxylic acids is 1. The molecule has 0 bridgehead atoms. The molecule has 0 aliphatic carbocycles. The lowest BCUT2D eigenvalue weighted by Gasteiger charge is -2.23. The highest BCUT2D eigenvalue weighted by Gasteiger charge is 2.19. The van der Waals surface area contributed by atoms with Crippen molar-refractivity contribution in [2.75, 3.05) is 10.6 Å². The maximum absolute atomic E-state index is 12.4. The molecule has 9 nitrogen and oxygen atoms in total. The molecule has 170 valence electrons. The third kappa shape index (κ3) is 6.15. The van der Waals surface area contributed by atoms with Gasteiger partial charge in [-0.3, -0.25) is 19.2 Å². The van der Waals surface area contributed by atoms with E-state index in [1.165, 1.54) is 53.0 Å². The van der Waals surface area contributed by atoms with E-state index in [1.54, 1.807) is 30.3 Å². The summed E-state index contributed by atoms with van der Waals surface area (Å²) < 4.78 is 25.9. The molecular formula is C22H19ClN4O5S. The van der Waals surface area contributed by atoms with Gasteiger partial charge in [0.2, 0.25) is 10.0 Å². The highest BCUT2D eigenvalue weighted by molar-refractivity contribution is 7.92. The Morgan fingerprint density at radius 3 is 2.36 bits per heavy atom. The van der Waals surface area contributed by atoms with E-state index in [-0.39, 0.29) is 23.4 Å². The van der Waals surface area contributed by atoms with Crippen molar-refractivity contribution in [2.45, 2.75) is 6.54 Å². The number of hydrogen-bond acceptors (Lipinski definition) is 6. The van der Waals surface area contributed by atoms with Crippen LogP contribution < -0.4 is 9.73 Å². The minimum absolute atomic E-state index is 0.0319. The van der Waals surface area contributed by atoms with Crippen LogP contribution in [0.15, 0.2) is 77.9 Å². The van der Waals surface area contributed by atoms with E-state index < -0.39 is 20.9 Å². The molecular weight excluding hydrogens is 468 g/mol. The number of para-hydroxylation sites is 1. The van der Waals surface area contributed by atoms with E-state index in [0.717, 1.165) is 6.26 Å². The molecule has 0 unspecified atom stereocenters. The van der Waals surface area contributed by atoms with Gasteiger partial charge in [0.05, 0.1) is 35.2 Å². The summed E-state index contributed by atoms with van der Waals surface area (Å²) in [5, 5.41) is 15.3. The van der Waals surface area contributed by atoms with Crippen molar-refractivity contribution in [3.63, 3.8) is 0 Å². The molecule has 0 spiro atoms. The van der Waals surface area contributed by atoms with Gasteiger partial charge < -0.3 is 0 Å². The van der Waals surface area contributed by atoms with E-state index in [9.17, 15) is 23.3 Å². The third-order valence-electron chi connectivity index (χ3n) is 4.59. The zero-order valence-corrected chi connectivity index (χ0v) is 19.0. The summed E-state index contributed by atoms with van der Waals surface area (Å²) >= 11 is 6.17. The van der Waals surface area contributed by atoms with Gasteiger partial charge in [-0.15, -0.1) is 0 Å². The molecule has 1 amide bonds. The number of hydrazone groups is 1. The van der Waals surface area contributed by atoms with Gasteiger partial charge in [-0.1, -0.05) is 41.9 Å². The van der Waals surface area contributed by atoms with E-state index >= 15 is 0 Å². The molecule has 0 atom stereocenters. The van der Waals surface area contributed by atoms with Gasteiger partial charge >= 0.3 is 0 Å². The molecule has 0 fully saturated rings. The molecule has 0 saturated carbocycles. The van der Waals surface area contributed by atoms with Crippen LogP contribution >= 0.6 is 11.6 Å². The lowest BCUT2D eigenvalue weighted by Crippen LogP contribution is -2.29. The first-order chi connectivity index (χ1) is 15.7. The number of halogens is 1. The summed E-state index contributed by atoms with van der Waals surface area (Å²) in [6.07, 6.45) is 2.27. The van der Waals surface area contributed by atoms with Crippen LogP contribution in [0.4, 0.5) is 11.4 Å². The third-order valence-corrected chi connectivity index (χ3v) is 6.10. The Labute approximate surface area is 195 Å². The fourth-order valence-corrected chi connectivity index (χ4v) is 4.02. The summed E-state index contributed by atoms with van der Waals surface area (Å²) in [5.41, 5.74) is 3.62. The van der Waals surface area contributed by atoms with E-state index in [2.05, 4.69) is 10.5 Å². The molecule has 3 rings (SSSR count). The van der Waals surface area contributed by atoms with Gasteiger partial charge in [0.15, 0.2) is 0 Å². The Kier molecular flexibility index (Phi) is 7.41. The lowest BCUT2D eigenvalue weighted by atomic mass is 10.2. The van der Waals surface area contributed by atoms with Crippen molar-refractivity contribution in [3.8, 4) is 0 Å². The summed E-state index contributed by atoms with van der Waals surface area (Å²) in [6.45, 7) is 0.0319. The van der Waals surface area contributed by atoms with Crippen LogP contribution in [-0.2, 0) is 16.6 Å². The van der Waals surface area contributed by atoms with Gasteiger partial charge in [-0.2, -0.15) is 5.10 Å². The van der Waals surface area contributed by atoms with Crippen molar-refractivity contribution < 1.29 is 18.1 Å². The van der Waals surface area contributed by atoms with E-state index in [1.807, 2.05) is 0 Å². The second-order valence-electron chi connectivity index (χ2n) is 6.92. The first-order valence-electron chi connectivity index (χ1n) is 9.55. The Morgan fingerprint density at radius 1 is 1.09 bits per heavy atom. The summed E-state index contributed by atoms with van der Waals surface area (Å²) in [5.74, 6) is -0.562. The molecule has 1 N–H and O–H groups in total. The number of nitro benzene ring substituents is 1. The highest BCUT2D eigenvalue weighted by Crippen LogP contribution is 2.24. The summed E-state index contributed by atoms with van der Waals surface area (Å²) in [4.78, 5) is 22.8. The minimum Gasteiger partial charge on any atom is -0.267 e. The summed E-state index contributed by atoms with van der Waals surface area (Å²) in [7, 11) is -3.63. The van der Waals surface area contributed by atoms with Crippen LogP contribution in [0.3, 0.4) is 0 Å². The molecule has 0 heterocycles.